The second-order valence-electron chi connectivity index (χ2n) is 4.50. The first-order chi connectivity index (χ1) is 10.1. The largest absolute Gasteiger partial charge is 0.497 e. The second kappa shape index (κ2) is 6.65. The Morgan fingerprint density at radius 2 is 1.76 bits per heavy atom. The van der Waals surface area contributed by atoms with Crippen LogP contribution in [0.5, 0.6) is 11.5 Å². The van der Waals surface area contributed by atoms with Crippen LogP contribution in [-0.2, 0) is 0 Å². The lowest BCUT2D eigenvalue weighted by atomic mass is 9.99. The van der Waals surface area contributed by atoms with E-state index in [9.17, 15) is 0 Å². The number of nitrogens with two attached hydrogens (primary N) is 1. The van der Waals surface area contributed by atoms with Gasteiger partial charge in [0.1, 0.15) is 17.3 Å². The summed E-state index contributed by atoms with van der Waals surface area (Å²) in [6, 6.07) is 7.29. The first-order valence-electron chi connectivity index (χ1n) is 6.40. The standard InChI is InChI=1S/C15H18ClN3O2/c1-18-14(13-6-10(16)8-19-15(13)17)9-4-11(20-2)7-12(5-9)21-3/h4-8,14,18H,1-3H3,(H2,17,19). The molecule has 2 rings (SSSR count). The molecule has 0 aliphatic heterocycles. The van der Waals surface area contributed by atoms with Crippen molar-refractivity contribution in [1.29, 1.82) is 0 Å². The molecule has 5 nitrogen and oxygen atoms in total. The van der Waals surface area contributed by atoms with E-state index in [0.717, 1.165) is 11.1 Å². The van der Waals surface area contributed by atoms with Crippen LogP contribution in [0.2, 0.25) is 5.02 Å². The van der Waals surface area contributed by atoms with Crippen molar-refractivity contribution in [2.24, 2.45) is 0 Å². The van der Waals surface area contributed by atoms with E-state index in [0.29, 0.717) is 22.3 Å². The molecule has 0 spiro atoms. The smallest absolute Gasteiger partial charge is 0.128 e. The molecule has 1 heterocycles. The van der Waals surface area contributed by atoms with Crippen molar-refractivity contribution in [3.05, 3.63) is 46.6 Å². The van der Waals surface area contributed by atoms with E-state index in [4.69, 9.17) is 26.8 Å². The average Bonchev–Trinajstić information content (AvgIpc) is 2.51. The van der Waals surface area contributed by atoms with Gasteiger partial charge in [-0.05, 0) is 30.8 Å². The number of benzene rings is 1. The number of hydrogen-bond acceptors (Lipinski definition) is 5. The summed E-state index contributed by atoms with van der Waals surface area (Å²) in [5.74, 6) is 1.84. The van der Waals surface area contributed by atoms with E-state index in [-0.39, 0.29) is 6.04 Å². The molecule has 0 saturated heterocycles. The molecule has 0 saturated carbocycles. The van der Waals surface area contributed by atoms with Crippen LogP contribution in [0.3, 0.4) is 0 Å². The van der Waals surface area contributed by atoms with Crippen LogP contribution in [-0.4, -0.2) is 26.3 Å². The van der Waals surface area contributed by atoms with Gasteiger partial charge in [0.2, 0.25) is 0 Å². The van der Waals surface area contributed by atoms with Gasteiger partial charge in [-0.15, -0.1) is 0 Å². The van der Waals surface area contributed by atoms with E-state index in [2.05, 4.69) is 10.3 Å². The zero-order valence-electron chi connectivity index (χ0n) is 12.2. The fourth-order valence-corrected chi connectivity index (χ4v) is 2.36. The third-order valence-electron chi connectivity index (χ3n) is 3.22. The van der Waals surface area contributed by atoms with Crippen LogP contribution in [0, 0.1) is 0 Å². The highest BCUT2D eigenvalue weighted by atomic mass is 35.5. The van der Waals surface area contributed by atoms with Gasteiger partial charge in [-0.3, -0.25) is 0 Å². The molecule has 0 fully saturated rings. The number of anilines is 1. The highest BCUT2D eigenvalue weighted by molar-refractivity contribution is 6.30. The molecule has 112 valence electrons. The number of ether oxygens (including phenoxy) is 2. The number of methoxy groups -OCH3 is 2. The summed E-state index contributed by atoms with van der Waals surface area (Å²) in [4.78, 5) is 4.10. The van der Waals surface area contributed by atoms with Gasteiger partial charge in [-0.25, -0.2) is 4.98 Å². The summed E-state index contributed by atoms with van der Waals surface area (Å²) in [7, 11) is 5.07. The minimum Gasteiger partial charge on any atom is -0.497 e. The predicted molar refractivity (Wildman–Crippen MR) is 84.1 cm³/mol. The van der Waals surface area contributed by atoms with E-state index in [1.165, 1.54) is 6.20 Å². The molecule has 1 unspecified atom stereocenters. The average molecular weight is 308 g/mol. The number of halogens is 1. The lowest BCUT2D eigenvalue weighted by Gasteiger charge is -2.20. The van der Waals surface area contributed by atoms with E-state index in [1.807, 2.05) is 25.2 Å². The normalized spacial score (nSPS) is 12.0. The maximum atomic E-state index is 6.03. The molecule has 2 aromatic rings. The summed E-state index contributed by atoms with van der Waals surface area (Å²) in [5.41, 5.74) is 7.73. The summed E-state index contributed by atoms with van der Waals surface area (Å²) in [6.45, 7) is 0. The van der Waals surface area contributed by atoms with E-state index < -0.39 is 0 Å². The van der Waals surface area contributed by atoms with Crippen LogP contribution in [0.4, 0.5) is 5.82 Å². The summed E-state index contributed by atoms with van der Waals surface area (Å²) < 4.78 is 10.6. The predicted octanol–water partition coefficient (Wildman–Crippen LogP) is 2.64. The zero-order chi connectivity index (χ0) is 15.4. The summed E-state index contributed by atoms with van der Waals surface area (Å²) >= 11 is 6.03. The zero-order valence-corrected chi connectivity index (χ0v) is 12.9. The molecular weight excluding hydrogens is 290 g/mol. The molecule has 3 N–H and O–H groups in total. The second-order valence-corrected chi connectivity index (χ2v) is 4.93. The van der Waals surface area contributed by atoms with Crippen molar-refractivity contribution < 1.29 is 9.47 Å². The third kappa shape index (κ3) is 3.37. The molecule has 0 radical (unpaired) electrons. The Kier molecular flexibility index (Phi) is 4.88. The minimum absolute atomic E-state index is 0.166. The lowest BCUT2D eigenvalue weighted by molar-refractivity contribution is 0.392. The molecule has 0 bridgehead atoms. The number of nitrogens with zero attached hydrogens (tertiary/aromatic N) is 1. The molecule has 6 heteroatoms. The molecule has 0 aliphatic carbocycles. The van der Waals surface area contributed by atoms with Gasteiger partial charge in [0.05, 0.1) is 25.3 Å². The van der Waals surface area contributed by atoms with Crippen molar-refractivity contribution in [2.75, 3.05) is 27.0 Å². The number of nitrogens with one attached hydrogen (secondary N) is 1. The van der Waals surface area contributed by atoms with Gasteiger partial charge in [0, 0.05) is 17.8 Å². The van der Waals surface area contributed by atoms with E-state index >= 15 is 0 Å². The van der Waals surface area contributed by atoms with Crippen LogP contribution in [0.25, 0.3) is 0 Å². The van der Waals surface area contributed by atoms with Crippen LogP contribution in [0.1, 0.15) is 17.2 Å². The third-order valence-corrected chi connectivity index (χ3v) is 3.43. The minimum atomic E-state index is -0.166. The van der Waals surface area contributed by atoms with Crippen molar-refractivity contribution >= 4 is 17.4 Å². The lowest BCUT2D eigenvalue weighted by Crippen LogP contribution is -2.19. The maximum absolute atomic E-state index is 6.03. The molecule has 21 heavy (non-hydrogen) atoms. The van der Waals surface area contributed by atoms with Gasteiger partial charge in [-0.1, -0.05) is 11.6 Å². The van der Waals surface area contributed by atoms with Gasteiger partial charge < -0.3 is 20.5 Å². The summed E-state index contributed by atoms with van der Waals surface area (Å²) in [6.07, 6.45) is 1.53. The van der Waals surface area contributed by atoms with Gasteiger partial charge in [-0.2, -0.15) is 0 Å². The first-order valence-corrected chi connectivity index (χ1v) is 6.78. The van der Waals surface area contributed by atoms with Crippen LogP contribution >= 0.6 is 11.6 Å². The monoisotopic (exact) mass is 307 g/mol. The van der Waals surface area contributed by atoms with Gasteiger partial charge >= 0.3 is 0 Å². The van der Waals surface area contributed by atoms with Crippen LogP contribution < -0.4 is 20.5 Å². The van der Waals surface area contributed by atoms with Crippen molar-refractivity contribution in [2.45, 2.75) is 6.04 Å². The Morgan fingerprint density at radius 3 is 2.29 bits per heavy atom. The molecule has 0 amide bonds. The quantitative estimate of drug-likeness (QED) is 0.888. The van der Waals surface area contributed by atoms with Crippen molar-refractivity contribution in [3.63, 3.8) is 0 Å². The highest BCUT2D eigenvalue weighted by Gasteiger charge is 2.18. The topological polar surface area (TPSA) is 69.4 Å². The molecule has 0 aliphatic rings. The SMILES string of the molecule is CNC(c1cc(OC)cc(OC)c1)c1cc(Cl)cnc1N. The maximum Gasteiger partial charge on any atom is 0.128 e. The Balaban J connectivity index is 2.52. The van der Waals surface area contributed by atoms with Gasteiger partial charge in [0.25, 0.3) is 0 Å². The number of nitrogen functional groups attached to an aromatic ring is 1. The first kappa shape index (κ1) is 15.4. The molecule has 1 aromatic heterocycles. The Morgan fingerprint density at radius 1 is 1.14 bits per heavy atom. The van der Waals surface area contributed by atoms with Gasteiger partial charge in [0.15, 0.2) is 0 Å². The van der Waals surface area contributed by atoms with E-state index in [1.54, 1.807) is 20.3 Å². The number of hydrogen-bond donors (Lipinski definition) is 2. The Bertz CT molecular complexity index is 612. The summed E-state index contributed by atoms with van der Waals surface area (Å²) in [5, 5.41) is 3.75. The van der Waals surface area contributed by atoms with Crippen molar-refractivity contribution in [1.82, 2.24) is 10.3 Å². The Labute approximate surface area is 129 Å². The fraction of sp³-hybridized carbons (Fsp3) is 0.267. The number of aromatic nitrogens is 1. The molecule has 1 atom stereocenters. The number of pyridine rings is 1. The Hall–Kier alpha value is -1.98. The fourth-order valence-electron chi connectivity index (χ4n) is 2.19. The molecule has 1 aromatic carbocycles. The molecular formula is C15H18ClN3O2. The van der Waals surface area contributed by atoms with Crippen molar-refractivity contribution in [3.8, 4) is 11.5 Å². The van der Waals surface area contributed by atoms with Crippen LogP contribution in [0.15, 0.2) is 30.5 Å². The highest BCUT2D eigenvalue weighted by Crippen LogP contribution is 2.32. The number of rotatable bonds is 5.